The average Bonchev–Trinajstić information content (AvgIpc) is 3.02. The third kappa shape index (κ3) is 1.74. The number of rotatable bonds is 3. The van der Waals surface area contributed by atoms with Gasteiger partial charge in [0.05, 0.1) is 0 Å². The third-order valence-electron chi connectivity index (χ3n) is 2.29. The molecule has 0 atom stereocenters. The zero-order valence-corrected chi connectivity index (χ0v) is 11.8. The van der Waals surface area contributed by atoms with E-state index in [4.69, 9.17) is 13.3 Å². The van der Waals surface area contributed by atoms with Gasteiger partial charge in [-0.15, -0.1) is 0 Å². The van der Waals surface area contributed by atoms with Gasteiger partial charge in [0.25, 0.3) is 0 Å². The van der Waals surface area contributed by atoms with Gasteiger partial charge in [-0.25, -0.2) is 0 Å². The van der Waals surface area contributed by atoms with Gasteiger partial charge in [-0.05, 0) is 0 Å². The van der Waals surface area contributed by atoms with E-state index in [1.54, 1.807) is 18.8 Å². The van der Waals surface area contributed by atoms with Gasteiger partial charge in [-0.3, -0.25) is 0 Å². The van der Waals surface area contributed by atoms with Crippen molar-refractivity contribution >= 4 is 31.6 Å². The molecule has 3 nitrogen and oxygen atoms in total. The van der Waals surface area contributed by atoms with E-state index in [1.807, 2.05) is 37.0 Å². The zero-order valence-electron chi connectivity index (χ0n) is 8.37. The van der Waals surface area contributed by atoms with Crippen LogP contribution in [0.5, 0.6) is 0 Å². The molecule has 0 aliphatic carbocycles. The van der Waals surface area contributed by atoms with Crippen LogP contribution in [0.4, 0.5) is 0 Å². The molecule has 3 aromatic heterocycles. The van der Waals surface area contributed by atoms with Crippen LogP contribution in [-0.2, 0) is 0 Å². The molecule has 3 heterocycles. The summed E-state index contributed by atoms with van der Waals surface area (Å²) in [6.45, 7) is 0. The van der Waals surface area contributed by atoms with Crippen molar-refractivity contribution in [1.29, 1.82) is 0 Å². The van der Waals surface area contributed by atoms with Crippen LogP contribution in [0, 0.1) is 0 Å². The molecule has 0 aliphatic rings. The van der Waals surface area contributed by atoms with Crippen molar-refractivity contribution in [3.63, 3.8) is 0 Å². The summed E-state index contributed by atoms with van der Waals surface area (Å²) in [7, 11) is 0. The molecule has 0 bridgehead atoms. The standard InChI is InChI=1S/3C4H3O.Bi/c3*1-2-4-5-3-1;/h3*1,3-4H;. The monoisotopic (exact) mass is 410 g/mol. The normalized spacial score (nSPS) is 11.1. The van der Waals surface area contributed by atoms with Crippen LogP contribution < -0.4 is 9.81 Å². The van der Waals surface area contributed by atoms with Gasteiger partial charge in [0, 0.05) is 0 Å². The summed E-state index contributed by atoms with van der Waals surface area (Å²) in [4.78, 5) is 0. The molecule has 16 heavy (non-hydrogen) atoms. The van der Waals surface area contributed by atoms with Crippen molar-refractivity contribution in [3.05, 3.63) is 55.8 Å². The van der Waals surface area contributed by atoms with E-state index in [9.17, 15) is 0 Å². The number of hydrogen-bond donors (Lipinski definition) is 0. The van der Waals surface area contributed by atoms with Crippen LogP contribution in [0.2, 0.25) is 0 Å². The Morgan fingerprint density at radius 1 is 0.625 bits per heavy atom. The molecule has 0 amide bonds. The van der Waals surface area contributed by atoms with Crippen molar-refractivity contribution in [2.75, 3.05) is 0 Å². The van der Waals surface area contributed by atoms with Crippen LogP contribution in [-0.4, -0.2) is 21.8 Å². The van der Waals surface area contributed by atoms with Gasteiger partial charge in [0.2, 0.25) is 0 Å². The van der Waals surface area contributed by atoms with Crippen LogP contribution in [0.15, 0.2) is 69.0 Å². The molecule has 0 N–H and O–H groups in total. The first-order chi connectivity index (χ1) is 7.95. The second-order valence-corrected chi connectivity index (χ2v) is 11.9. The molecule has 0 saturated carbocycles. The molecule has 4 heteroatoms. The Balaban J connectivity index is 2.09. The molecule has 0 saturated heterocycles. The third-order valence-corrected chi connectivity index (χ3v) is 11.3. The average molecular weight is 410 g/mol. The summed E-state index contributed by atoms with van der Waals surface area (Å²) in [5.41, 5.74) is 0. The van der Waals surface area contributed by atoms with Crippen LogP contribution in [0.25, 0.3) is 0 Å². The zero-order chi connectivity index (χ0) is 10.8. The Morgan fingerprint density at radius 3 is 1.25 bits per heavy atom. The second-order valence-electron chi connectivity index (χ2n) is 3.28. The fourth-order valence-electron chi connectivity index (χ4n) is 1.60. The predicted octanol–water partition coefficient (Wildman–Crippen LogP) is 0.982. The second kappa shape index (κ2) is 4.30. The van der Waals surface area contributed by atoms with Crippen LogP contribution >= 0.6 is 0 Å². The summed E-state index contributed by atoms with van der Waals surface area (Å²) in [5.74, 6) is 0. The van der Waals surface area contributed by atoms with Gasteiger partial charge in [0.1, 0.15) is 0 Å². The van der Waals surface area contributed by atoms with E-state index in [0.29, 0.717) is 0 Å². The summed E-state index contributed by atoms with van der Waals surface area (Å²) < 4.78 is 19.4. The topological polar surface area (TPSA) is 39.4 Å². The molecular formula is C12H9BiO3. The van der Waals surface area contributed by atoms with Crippen LogP contribution in [0.1, 0.15) is 0 Å². The quantitative estimate of drug-likeness (QED) is 0.605. The van der Waals surface area contributed by atoms with Crippen molar-refractivity contribution < 1.29 is 13.3 Å². The summed E-state index contributed by atoms with van der Waals surface area (Å²) >= 11 is -2.17. The molecule has 0 fully saturated rings. The Bertz CT molecular complexity index is 441. The first kappa shape index (κ1) is 9.91. The maximum atomic E-state index is 5.18. The summed E-state index contributed by atoms with van der Waals surface area (Å²) in [6, 6.07) is 6.12. The Hall–Kier alpha value is -1.28. The molecule has 0 unspecified atom stereocenters. The van der Waals surface area contributed by atoms with Gasteiger partial charge in [-0.1, -0.05) is 0 Å². The Labute approximate surface area is 100 Å². The van der Waals surface area contributed by atoms with Crippen molar-refractivity contribution in [2.45, 2.75) is 0 Å². The van der Waals surface area contributed by atoms with E-state index < -0.39 is 21.8 Å². The van der Waals surface area contributed by atoms with E-state index in [-0.39, 0.29) is 0 Å². The molecule has 0 spiro atoms. The van der Waals surface area contributed by atoms with Gasteiger partial charge in [0.15, 0.2) is 0 Å². The minimum atomic E-state index is -2.17. The number of hydrogen-bond acceptors (Lipinski definition) is 3. The van der Waals surface area contributed by atoms with Crippen LogP contribution in [0.3, 0.4) is 0 Å². The van der Waals surface area contributed by atoms with Gasteiger partial charge >= 0.3 is 101 Å². The van der Waals surface area contributed by atoms with E-state index in [2.05, 4.69) is 0 Å². The molecule has 3 aromatic rings. The molecule has 80 valence electrons. The Kier molecular flexibility index (Phi) is 2.67. The van der Waals surface area contributed by atoms with Crippen molar-refractivity contribution in [2.24, 2.45) is 0 Å². The summed E-state index contributed by atoms with van der Waals surface area (Å²) in [6.07, 6.45) is 10.7. The molecule has 0 aliphatic heterocycles. The summed E-state index contributed by atoms with van der Waals surface area (Å²) in [5, 5.41) is 0. The Morgan fingerprint density at radius 2 is 1.00 bits per heavy atom. The molecule has 0 radical (unpaired) electrons. The fraction of sp³-hybridized carbons (Fsp3) is 0. The first-order valence-electron chi connectivity index (χ1n) is 4.82. The van der Waals surface area contributed by atoms with E-state index >= 15 is 0 Å². The molecule has 3 rings (SSSR count). The number of furan rings is 3. The fourth-order valence-corrected chi connectivity index (χ4v) is 9.47. The van der Waals surface area contributed by atoms with E-state index in [0.717, 1.165) is 0 Å². The SMILES string of the molecule is c1c[c]([Bi]([c]2ccoc2)[c]2ccoc2)co1. The molecular weight excluding hydrogens is 401 g/mol. The molecule has 0 aromatic carbocycles. The first-order valence-corrected chi connectivity index (χ1v) is 10.0. The minimum absolute atomic E-state index is 1.29. The van der Waals surface area contributed by atoms with Crippen molar-refractivity contribution in [3.8, 4) is 0 Å². The van der Waals surface area contributed by atoms with Gasteiger partial charge < -0.3 is 0 Å². The van der Waals surface area contributed by atoms with E-state index in [1.165, 1.54) is 9.81 Å². The predicted molar refractivity (Wildman–Crippen MR) is 60.8 cm³/mol. The van der Waals surface area contributed by atoms with Crippen molar-refractivity contribution in [1.82, 2.24) is 0 Å². The maximum absolute atomic E-state index is 5.18. The van der Waals surface area contributed by atoms with Gasteiger partial charge in [-0.2, -0.15) is 0 Å².